The first kappa shape index (κ1) is 23.8. The minimum Gasteiger partial charge on any atom is -0.490 e. The van der Waals surface area contributed by atoms with Crippen LogP contribution in [0.5, 0.6) is 11.5 Å². The van der Waals surface area contributed by atoms with E-state index in [0.717, 1.165) is 25.5 Å². The second-order valence-electron chi connectivity index (χ2n) is 7.74. The normalized spacial score (nSPS) is 11.0. The van der Waals surface area contributed by atoms with Crippen LogP contribution in [0.25, 0.3) is 10.8 Å². The van der Waals surface area contributed by atoms with Crippen LogP contribution >= 0.6 is 22.6 Å². The fraction of sp³-hybridized carbons (Fsp3) is 0.143. The third-order valence-corrected chi connectivity index (χ3v) is 6.16. The number of carbonyl (C=O) groups is 1. The fourth-order valence-electron chi connectivity index (χ4n) is 3.55. The average Bonchev–Trinajstić information content (AvgIpc) is 2.84. The van der Waals surface area contributed by atoms with Gasteiger partial charge in [0.25, 0.3) is 5.91 Å². The second kappa shape index (κ2) is 11.2. The Morgan fingerprint density at radius 3 is 2.53 bits per heavy atom. The Morgan fingerprint density at radius 1 is 0.971 bits per heavy atom. The maximum Gasteiger partial charge on any atom is 0.271 e. The molecule has 1 amide bonds. The molecule has 0 bridgehead atoms. The van der Waals surface area contributed by atoms with E-state index in [4.69, 9.17) is 9.47 Å². The van der Waals surface area contributed by atoms with Crippen molar-refractivity contribution < 1.29 is 14.3 Å². The Morgan fingerprint density at radius 2 is 1.74 bits per heavy atom. The number of hydrogen-bond acceptors (Lipinski definition) is 4. The Balaban J connectivity index is 1.47. The fourth-order valence-corrected chi connectivity index (χ4v) is 4.33. The number of rotatable bonds is 8. The summed E-state index contributed by atoms with van der Waals surface area (Å²) < 4.78 is 12.9. The maximum absolute atomic E-state index is 12.5. The summed E-state index contributed by atoms with van der Waals surface area (Å²) in [6.45, 7) is 4.97. The molecule has 0 saturated carbocycles. The lowest BCUT2D eigenvalue weighted by Gasteiger charge is -2.15. The van der Waals surface area contributed by atoms with E-state index in [2.05, 4.69) is 52.2 Å². The number of halogens is 1. The van der Waals surface area contributed by atoms with Gasteiger partial charge in [-0.05, 0) is 88.2 Å². The molecule has 6 heteroatoms. The highest BCUT2D eigenvalue weighted by atomic mass is 127. The minimum absolute atomic E-state index is 0.264. The van der Waals surface area contributed by atoms with Crippen LogP contribution in [0.3, 0.4) is 0 Å². The van der Waals surface area contributed by atoms with Crippen molar-refractivity contribution in [3.63, 3.8) is 0 Å². The molecule has 0 aromatic heterocycles. The number of ether oxygens (including phenoxy) is 2. The highest BCUT2D eigenvalue weighted by Gasteiger charge is 2.13. The van der Waals surface area contributed by atoms with E-state index in [-0.39, 0.29) is 5.91 Å². The Bertz CT molecular complexity index is 1350. The Labute approximate surface area is 212 Å². The SMILES string of the molecule is CCOc1cc(/C=N\NC(=O)c2ccc3ccccc3c2)cc(I)c1OCc1ccccc1C. The summed E-state index contributed by atoms with van der Waals surface area (Å²) in [5.74, 6) is 1.08. The lowest BCUT2D eigenvalue weighted by molar-refractivity contribution is 0.0955. The number of fused-ring (bicyclic) bond motifs is 1. The standard InChI is InChI=1S/C28H25IN2O3/c1-3-33-26-15-20(14-25(29)27(26)34-18-24-11-5-4-8-19(24)2)17-30-31-28(32)23-13-12-21-9-6-7-10-22(21)16-23/h4-17H,3,18H2,1-2H3,(H,31,32)/b30-17-. The van der Waals surface area contributed by atoms with Crippen molar-refractivity contribution in [1.29, 1.82) is 0 Å². The van der Waals surface area contributed by atoms with Crippen molar-refractivity contribution in [2.75, 3.05) is 6.61 Å². The smallest absolute Gasteiger partial charge is 0.271 e. The molecule has 0 radical (unpaired) electrons. The topological polar surface area (TPSA) is 59.9 Å². The summed E-state index contributed by atoms with van der Waals surface area (Å²) in [4.78, 5) is 12.5. The van der Waals surface area contributed by atoms with Crippen molar-refractivity contribution in [3.05, 3.63) is 105 Å². The predicted molar refractivity (Wildman–Crippen MR) is 145 cm³/mol. The van der Waals surface area contributed by atoms with Crippen LogP contribution in [0.1, 0.15) is 34.0 Å². The van der Waals surface area contributed by atoms with Crippen LogP contribution in [0.2, 0.25) is 0 Å². The summed E-state index contributed by atoms with van der Waals surface area (Å²) in [6, 6.07) is 25.5. The number of nitrogens with one attached hydrogen (secondary N) is 1. The van der Waals surface area contributed by atoms with Gasteiger partial charge in [0.1, 0.15) is 6.61 Å². The van der Waals surface area contributed by atoms with E-state index in [1.165, 1.54) is 5.56 Å². The summed E-state index contributed by atoms with van der Waals surface area (Å²) in [5.41, 5.74) is 6.27. The molecule has 4 rings (SSSR count). The molecule has 0 unspecified atom stereocenters. The zero-order valence-electron chi connectivity index (χ0n) is 19.0. The van der Waals surface area contributed by atoms with Crippen LogP contribution in [-0.2, 0) is 6.61 Å². The van der Waals surface area contributed by atoms with Gasteiger partial charge in [-0.15, -0.1) is 0 Å². The van der Waals surface area contributed by atoms with Gasteiger partial charge in [-0.1, -0.05) is 54.6 Å². The first-order valence-corrected chi connectivity index (χ1v) is 12.1. The van der Waals surface area contributed by atoms with E-state index in [1.54, 1.807) is 12.3 Å². The molecular weight excluding hydrogens is 539 g/mol. The molecule has 0 spiro atoms. The highest BCUT2D eigenvalue weighted by molar-refractivity contribution is 14.1. The zero-order chi connectivity index (χ0) is 23.9. The number of hydrazone groups is 1. The molecule has 4 aromatic carbocycles. The molecule has 0 atom stereocenters. The zero-order valence-corrected chi connectivity index (χ0v) is 21.2. The van der Waals surface area contributed by atoms with Gasteiger partial charge in [-0.25, -0.2) is 5.43 Å². The van der Waals surface area contributed by atoms with Gasteiger partial charge < -0.3 is 9.47 Å². The number of benzene rings is 4. The molecule has 4 aromatic rings. The summed E-state index contributed by atoms with van der Waals surface area (Å²) in [7, 11) is 0. The van der Waals surface area contributed by atoms with E-state index in [1.807, 2.05) is 67.6 Å². The lowest BCUT2D eigenvalue weighted by Crippen LogP contribution is -2.17. The van der Waals surface area contributed by atoms with Crippen LogP contribution in [0.15, 0.2) is 84.0 Å². The average molecular weight is 564 g/mol. The minimum atomic E-state index is -0.264. The molecular formula is C28H25IN2O3. The van der Waals surface area contributed by atoms with Gasteiger partial charge in [-0.2, -0.15) is 5.10 Å². The van der Waals surface area contributed by atoms with Gasteiger partial charge in [0.15, 0.2) is 11.5 Å². The van der Waals surface area contributed by atoms with Crippen molar-refractivity contribution in [1.82, 2.24) is 5.43 Å². The molecule has 0 aliphatic carbocycles. The molecule has 0 heterocycles. The van der Waals surface area contributed by atoms with E-state index < -0.39 is 0 Å². The number of amides is 1. The Hall–Kier alpha value is -3.39. The van der Waals surface area contributed by atoms with E-state index in [0.29, 0.717) is 30.3 Å². The third kappa shape index (κ3) is 5.75. The third-order valence-electron chi connectivity index (χ3n) is 5.36. The maximum atomic E-state index is 12.5. The van der Waals surface area contributed by atoms with Gasteiger partial charge in [0.2, 0.25) is 0 Å². The molecule has 0 fully saturated rings. The van der Waals surface area contributed by atoms with E-state index >= 15 is 0 Å². The number of hydrogen-bond donors (Lipinski definition) is 1. The Kier molecular flexibility index (Phi) is 7.80. The van der Waals surface area contributed by atoms with Crippen LogP contribution in [-0.4, -0.2) is 18.7 Å². The quantitative estimate of drug-likeness (QED) is 0.151. The lowest BCUT2D eigenvalue weighted by atomic mass is 10.1. The van der Waals surface area contributed by atoms with Crippen molar-refractivity contribution >= 4 is 45.5 Å². The summed E-state index contributed by atoms with van der Waals surface area (Å²) in [6.07, 6.45) is 1.61. The van der Waals surface area contributed by atoms with Crippen molar-refractivity contribution in [2.24, 2.45) is 5.10 Å². The highest BCUT2D eigenvalue weighted by Crippen LogP contribution is 2.34. The van der Waals surface area contributed by atoms with Crippen LogP contribution < -0.4 is 14.9 Å². The van der Waals surface area contributed by atoms with Gasteiger partial charge >= 0.3 is 0 Å². The number of nitrogens with zero attached hydrogens (tertiary/aromatic N) is 1. The first-order chi connectivity index (χ1) is 16.5. The van der Waals surface area contributed by atoms with Crippen LogP contribution in [0.4, 0.5) is 0 Å². The molecule has 0 aliphatic rings. The first-order valence-electron chi connectivity index (χ1n) is 11.0. The van der Waals surface area contributed by atoms with Gasteiger partial charge in [0.05, 0.1) is 16.4 Å². The molecule has 5 nitrogen and oxygen atoms in total. The van der Waals surface area contributed by atoms with Crippen LogP contribution in [0, 0.1) is 10.5 Å². The van der Waals surface area contributed by atoms with E-state index in [9.17, 15) is 4.79 Å². The summed E-state index contributed by atoms with van der Waals surface area (Å²) >= 11 is 2.23. The monoisotopic (exact) mass is 564 g/mol. The molecule has 0 aliphatic heterocycles. The molecule has 172 valence electrons. The summed E-state index contributed by atoms with van der Waals surface area (Å²) in [5, 5.41) is 6.25. The number of carbonyl (C=O) groups excluding carboxylic acids is 1. The second-order valence-corrected chi connectivity index (χ2v) is 8.90. The number of aryl methyl sites for hydroxylation is 1. The van der Waals surface area contributed by atoms with Crippen molar-refractivity contribution in [3.8, 4) is 11.5 Å². The predicted octanol–water partition coefficient (Wildman–Crippen LogP) is 6.49. The van der Waals surface area contributed by atoms with Gasteiger partial charge in [-0.3, -0.25) is 4.79 Å². The van der Waals surface area contributed by atoms with Gasteiger partial charge in [0, 0.05) is 5.56 Å². The molecule has 34 heavy (non-hydrogen) atoms. The molecule has 0 saturated heterocycles. The molecule has 1 N–H and O–H groups in total. The largest absolute Gasteiger partial charge is 0.490 e. The van der Waals surface area contributed by atoms with Crippen molar-refractivity contribution in [2.45, 2.75) is 20.5 Å².